The van der Waals surface area contributed by atoms with Crippen molar-refractivity contribution in [3.63, 3.8) is 0 Å². The van der Waals surface area contributed by atoms with Crippen molar-refractivity contribution in [2.75, 3.05) is 11.9 Å². The van der Waals surface area contributed by atoms with Crippen LogP contribution < -0.4 is 15.8 Å². The Balaban J connectivity index is 1.63. The summed E-state index contributed by atoms with van der Waals surface area (Å²) in [6.07, 6.45) is 0. The van der Waals surface area contributed by atoms with Crippen LogP contribution in [0.25, 0.3) is 21.8 Å². The van der Waals surface area contributed by atoms with Crippen molar-refractivity contribution in [3.8, 4) is 5.75 Å². The van der Waals surface area contributed by atoms with E-state index < -0.39 is 5.91 Å². The Bertz CT molecular complexity index is 1230. The molecule has 0 atom stereocenters. The Hall–Kier alpha value is -3.80. The van der Waals surface area contributed by atoms with Gasteiger partial charge in [0, 0.05) is 39.6 Å². The van der Waals surface area contributed by atoms with Crippen molar-refractivity contribution in [3.05, 3.63) is 72.3 Å². The average Bonchev–Trinajstić information content (AvgIpc) is 3.05. The molecule has 29 heavy (non-hydrogen) atoms. The monoisotopic (exact) mass is 387 g/mol. The number of carbonyl (C=O) groups is 2. The maximum atomic E-state index is 12.7. The summed E-state index contributed by atoms with van der Waals surface area (Å²) in [5.74, 6) is -0.412. The number of anilines is 1. The van der Waals surface area contributed by atoms with Crippen LogP contribution in [0.3, 0.4) is 0 Å². The van der Waals surface area contributed by atoms with E-state index in [1.165, 1.54) is 5.52 Å². The van der Waals surface area contributed by atoms with Gasteiger partial charge in [0.2, 0.25) is 0 Å². The van der Waals surface area contributed by atoms with Crippen LogP contribution in [0.2, 0.25) is 0 Å². The summed E-state index contributed by atoms with van der Waals surface area (Å²) >= 11 is 0. The maximum absolute atomic E-state index is 12.7. The van der Waals surface area contributed by atoms with E-state index in [2.05, 4.69) is 28.9 Å². The van der Waals surface area contributed by atoms with Crippen LogP contribution in [0.5, 0.6) is 5.75 Å². The standard InChI is InChI=1S/C23H21N3O3/c1-2-26-20-9-4-3-8-18(20)19-13-16(10-11-21(19)26)25-23(28)15-6-5-7-17(12-15)29-14-22(24)27/h3-13H,2,14H2,1H3,(H2,24,27)(H,25,28). The first-order valence-electron chi connectivity index (χ1n) is 9.40. The first kappa shape index (κ1) is 18.6. The van der Waals surface area contributed by atoms with Crippen molar-refractivity contribution in [2.24, 2.45) is 5.73 Å². The van der Waals surface area contributed by atoms with Gasteiger partial charge in [-0.1, -0.05) is 24.3 Å². The molecular formula is C23H21N3O3. The van der Waals surface area contributed by atoms with Crippen LogP contribution in [0, 0.1) is 0 Å². The zero-order valence-corrected chi connectivity index (χ0v) is 16.0. The molecule has 0 saturated carbocycles. The fourth-order valence-corrected chi connectivity index (χ4v) is 3.56. The number of rotatable bonds is 6. The number of primary amides is 1. The van der Waals surface area contributed by atoms with E-state index in [0.29, 0.717) is 17.0 Å². The number of hydrogen-bond acceptors (Lipinski definition) is 3. The summed E-state index contributed by atoms with van der Waals surface area (Å²) in [6, 6.07) is 20.8. The van der Waals surface area contributed by atoms with Crippen LogP contribution in [0.1, 0.15) is 17.3 Å². The molecule has 4 rings (SSSR count). The number of nitrogens with one attached hydrogen (secondary N) is 1. The zero-order chi connectivity index (χ0) is 20.4. The molecule has 6 nitrogen and oxygen atoms in total. The molecule has 0 bridgehead atoms. The fourth-order valence-electron chi connectivity index (χ4n) is 3.56. The Kier molecular flexibility index (Phi) is 4.91. The van der Waals surface area contributed by atoms with Gasteiger partial charge in [-0.05, 0) is 49.4 Å². The molecule has 0 radical (unpaired) electrons. The van der Waals surface area contributed by atoms with Gasteiger partial charge in [-0.25, -0.2) is 0 Å². The van der Waals surface area contributed by atoms with E-state index in [0.717, 1.165) is 22.8 Å². The minimum absolute atomic E-state index is 0.233. The molecule has 0 aliphatic rings. The van der Waals surface area contributed by atoms with Gasteiger partial charge in [0.25, 0.3) is 11.8 Å². The predicted molar refractivity (Wildman–Crippen MR) is 114 cm³/mol. The Morgan fingerprint density at radius 3 is 2.55 bits per heavy atom. The number of aryl methyl sites for hydroxylation is 1. The molecule has 146 valence electrons. The number of nitrogens with two attached hydrogens (primary N) is 1. The summed E-state index contributed by atoms with van der Waals surface area (Å²) < 4.78 is 7.53. The number of hydrogen-bond donors (Lipinski definition) is 2. The van der Waals surface area contributed by atoms with E-state index in [-0.39, 0.29) is 12.5 Å². The average molecular weight is 387 g/mol. The van der Waals surface area contributed by atoms with Gasteiger partial charge in [-0.2, -0.15) is 0 Å². The molecule has 0 spiro atoms. The summed E-state index contributed by atoms with van der Waals surface area (Å²) in [4.78, 5) is 23.6. The van der Waals surface area contributed by atoms with Crippen LogP contribution in [-0.4, -0.2) is 23.0 Å². The lowest BCUT2D eigenvalue weighted by atomic mass is 10.1. The van der Waals surface area contributed by atoms with E-state index >= 15 is 0 Å². The summed E-state index contributed by atoms with van der Waals surface area (Å²) in [5, 5.41) is 5.19. The fraction of sp³-hybridized carbons (Fsp3) is 0.130. The number of nitrogens with zero attached hydrogens (tertiary/aromatic N) is 1. The molecule has 2 amide bonds. The third-order valence-corrected chi connectivity index (χ3v) is 4.82. The molecule has 0 aliphatic carbocycles. The second-order valence-corrected chi connectivity index (χ2v) is 6.73. The van der Waals surface area contributed by atoms with Crippen LogP contribution in [0.15, 0.2) is 66.7 Å². The first-order chi connectivity index (χ1) is 14.1. The van der Waals surface area contributed by atoms with Gasteiger partial charge in [-0.15, -0.1) is 0 Å². The highest BCUT2D eigenvalue weighted by atomic mass is 16.5. The lowest BCUT2D eigenvalue weighted by Crippen LogP contribution is -2.20. The van der Waals surface area contributed by atoms with Crippen LogP contribution >= 0.6 is 0 Å². The summed E-state index contributed by atoms with van der Waals surface area (Å²) in [7, 11) is 0. The van der Waals surface area contributed by atoms with Gasteiger partial charge in [0.05, 0.1) is 0 Å². The number of amides is 2. The van der Waals surface area contributed by atoms with Crippen LogP contribution in [-0.2, 0) is 11.3 Å². The number of para-hydroxylation sites is 1. The molecule has 1 heterocycles. The predicted octanol–water partition coefficient (Wildman–Crippen LogP) is 3.93. The number of benzene rings is 3. The molecule has 1 aromatic heterocycles. The Morgan fingerprint density at radius 1 is 0.966 bits per heavy atom. The normalized spacial score (nSPS) is 10.9. The zero-order valence-electron chi connectivity index (χ0n) is 16.0. The second kappa shape index (κ2) is 7.67. The van der Waals surface area contributed by atoms with Crippen molar-refractivity contribution >= 4 is 39.3 Å². The third kappa shape index (κ3) is 3.65. The quantitative estimate of drug-likeness (QED) is 0.526. The number of aromatic nitrogens is 1. The Labute approximate surface area is 167 Å². The molecule has 3 aromatic carbocycles. The van der Waals surface area contributed by atoms with E-state index in [1.807, 2.05) is 30.3 Å². The highest BCUT2D eigenvalue weighted by Crippen LogP contribution is 2.31. The largest absolute Gasteiger partial charge is 0.484 e. The lowest BCUT2D eigenvalue weighted by molar-refractivity contribution is -0.119. The van der Waals surface area contributed by atoms with Crippen molar-refractivity contribution in [1.82, 2.24) is 4.57 Å². The topological polar surface area (TPSA) is 86.3 Å². The minimum atomic E-state index is -0.570. The van der Waals surface area contributed by atoms with E-state index in [1.54, 1.807) is 24.3 Å². The number of ether oxygens (including phenoxy) is 1. The molecular weight excluding hydrogens is 366 g/mol. The molecule has 0 aliphatic heterocycles. The lowest BCUT2D eigenvalue weighted by Gasteiger charge is -2.08. The van der Waals surface area contributed by atoms with Gasteiger partial charge in [0.1, 0.15) is 5.75 Å². The molecule has 0 fully saturated rings. The smallest absolute Gasteiger partial charge is 0.255 e. The van der Waals surface area contributed by atoms with E-state index in [4.69, 9.17) is 10.5 Å². The molecule has 6 heteroatoms. The van der Waals surface area contributed by atoms with Gasteiger partial charge < -0.3 is 20.4 Å². The minimum Gasteiger partial charge on any atom is -0.484 e. The molecule has 0 saturated heterocycles. The number of carbonyl (C=O) groups excluding carboxylic acids is 2. The molecule has 4 aromatic rings. The maximum Gasteiger partial charge on any atom is 0.255 e. The summed E-state index contributed by atoms with van der Waals surface area (Å²) in [6.45, 7) is 2.76. The van der Waals surface area contributed by atoms with Crippen LogP contribution in [0.4, 0.5) is 5.69 Å². The van der Waals surface area contributed by atoms with Crippen molar-refractivity contribution in [1.29, 1.82) is 0 Å². The van der Waals surface area contributed by atoms with E-state index in [9.17, 15) is 9.59 Å². The number of fused-ring (bicyclic) bond motifs is 3. The third-order valence-electron chi connectivity index (χ3n) is 4.82. The molecule has 3 N–H and O–H groups in total. The second-order valence-electron chi connectivity index (χ2n) is 6.73. The Morgan fingerprint density at radius 2 is 1.76 bits per heavy atom. The molecule has 0 unspecified atom stereocenters. The van der Waals surface area contributed by atoms with Crippen molar-refractivity contribution in [2.45, 2.75) is 13.5 Å². The van der Waals surface area contributed by atoms with Gasteiger partial charge in [-0.3, -0.25) is 9.59 Å². The SMILES string of the molecule is CCn1c2ccccc2c2cc(NC(=O)c3cccc(OCC(N)=O)c3)ccc21. The first-order valence-corrected chi connectivity index (χ1v) is 9.40. The van der Waals surface area contributed by atoms with Crippen molar-refractivity contribution < 1.29 is 14.3 Å². The summed E-state index contributed by atoms with van der Waals surface area (Å²) in [5.41, 5.74) is 8.55. The van der Waals surface area contributed by atoms with Gasteiger partial charge >= 0.3 is 0 Å². The van der Waals surface area contributed by atoms with Gasteiger partial charge in [0.15, 0.2) is 6.61 Å². The highest BCUT2D eigenvalue weighted by Gasteiger charge is 2.12. The highest BCUT2D eigenvalue weighted by molar-refractivity contribution is 6.11.